The molecule has 18 heavy (non-hydrogen) atoms. The molecular formula is C11H12N4O2S. The average Bonchev–Trinajstić information content (AvgIpc) is 2.33. The van der Waals surface area contributed by atoms with Crippen LogP contribution in [0.4, 0.5) is 5.69 Å². The fourth-order valence-corrected chi connectivity index (χ4v) is 1.92. The summed E-state index contributed by atoms with van der Waals surface area (Å²) in [5.41, 5.74) is 6.22. The molecule has 6 nitrogen and oxygen atoms in total. The molecule has 2 rings (SSSR count). The Labute approximate surface area is 108 Å². The fraction of sp³-hybridized carbons (Fsp3) is 0.182. The van der Waals surface area contributed by atoms with Crippen LogP contribution >= 0.6 is 12.2 Å². The van der Waals surface area contributed by atoms with Gasteiger partial charge in [0.15, 0.2) is 5.11 Å². The molecule has 0 amide bonds. The summed E-state index contributed by atoms with van der Waals surface area (Å²) >= 11 is 4.75. The predicted molar refractivity (Wildman–Crippen MR) is 74.8 cm³/mol. The molecule has 0 unspecified atom stereocenters. The predicted octanol–water partition coefficient (Wildman–Crippen LogP) is -0.107. The van der Waals surface area contributed by atoms with Gasteiger partial charge in [0.05, 0.1) is 11.0 Å². The SMILES string of the molecule is Cn1c(=O)c(=O)n(C)c2cc(NC(N)=S)ccc21. The van der Waals surface area contributed by atoms with Crippen LogP contribution in [-0.4, -0.2) is 14.2 Å². The largest absolute Gasteiger partial charge is 0.376 e. The van der Waals surface area contributed by atoms with Gasteiger partial charge in [0.25, 0.3) is 0 Å². The number of anilines is 1. The Morgan fingerprint density at radius 3 is 2.28 bits per heavy atom. The first-order chi connectivity index (χ1) is 8.41. The zero-order valence-electron chi connectivity index (χ0n) is 9.93. The molecule has 2 aromatic rings. The third-order valence-electron chi connectivity index (χ3n) is 2.76. The Kier molecular flexibility index (Phi) is 2.92. The fourth-order valence-electron chi connectivity index (χ4n) is 1.80. The van der Waals surface area contributed by atoms with E-state index in [9.17, 15) is 9.59 Å². The minimum atomic E-state index is -0.572. The molecule has 94 valence electrons. The standard InChI is InChI=1S/C11H12N4O2S/c1-14-7-4-3-6(13-11(12)18)5-8(7)15(2)10(17)9(14)16/h3-5H,1-2H3,(H3,12,13,18). The van der Waals surface area contributed by atoms with E-state index in [0.29, 0.717) is 16.7 Å². The number of rotatable bonds is 1. The molecule has 1 heterocycles. The van der Waals surface area contributed by atoms with Crippen molar-refractivity contribution in [1.82, 2.24) is 9.13 Å². The lowest BCUT2D eigenvalue weighted by Crippen LogP contribution is -2.39. The van der Waals surface area contributed by atoms with E-state index in [4.69, 9.17) is 18.0 Å². The molecule has 1 aromatic heterocycles. The Morgan fingerprint density at radius 1 is 1.17 bits per heavy atom. The van der Waals surface area contributed by atoms with Crippen molar-refractivity contribution in [3.8, 4) is 0 Å². The molecule has 0 radical (unpaired) electrons. The first-order valence-corrected chi connectivity index (χ1v) is 5.59. The minimum Gasteiger partial charge on any atom is -0.376 e. The van der Waals surface area contributed by atoms with Crippen molar-refractivity contribution in [3.05, 3.63) is 38.9 Å². The number of benzene rings is 1. The van der Waals surface area contributed by atoms with Crippen LogP contribution in [0, 0.1) is 0 Å². The third-order valence-corrected chi connectivity index (χ3v) is 2.86. The van der Waals surface area contributed by atoms with E-state index < -0.39 is 11.1 Å². The summed E-state index contributed by atoms with van der Waals surface area (Å²) < 4.78 is 2.63. The average molecular weight is 264 g/mol. The lowest BCUT2D eigenvalue weighted by atomic mass is 10.2. The van der Waals surface area contributed by atoms with Crippen molar-refractivity contribution in [2.24, 2.45) is 19.8 Å². The molecule has 0 saturated heterocycles. The summed E-state index contributed by atoms with van der Waals surface area (Å²) in [4.78, 5) is 23.3. The van der Waals surface area contributed by atoms with Gasteiger partial charge in [-0.15, -0.1) is 0 Å². The van der Waals surface area contributed by atoms with Crippen LogP contribution < -0.4 is 22.2 Å². The summed E-state index contributed by atoms with van der Waals surface area (Å²) in [5.74, 6) is 0. The molecule has 0 aliphatic carbocycles. The molecule has 0 aliphatic heterocycles. The highest BCUT2D eigenvalue weighted by atomic mass is 32.1. The second kappa shape index (κ2) is 4.26. The third kappa shape index (κ3) is 1.88. The Bertz CT molecular complexity index is 760. The molecular weight excluding hydrogens is 252 g/mol. The van der Waals surface area contributed by atoms with E-state index in [1.165, 1.54) is 9.13 Å². The van der Waals surface area contributed by atoms with Crippen molar-refractivity contribution in [2.45, 2.75) is 0 Å². The van der Waals surface area contributed by atoms with E-state index in [0.717, 1.165) is 0 Å². The second-order valence-electron chi connectivity index (χ2n) is 3.92. The first-order valence-electron chi connectivity index (χ1n) is 5.18. The second-order valence-corrected chi connectivity index (χ2v) is 4.36. The van der Waals surface area contributed by atoms with Crippen LogP contribution in [0.25, 0.3) is 11.0 Å². The van der Waals surface area contributed by atoms with Crippen molar-refractivity contribution < 1.29 is 0 Å². The maximum atomic E-state index is 11.7. The van der Waals surface area contributed by atoms with Gasteiger partial charge in [0, 0.05) is 19.8 Å². The number of thiocarbonyl (C=S) groups is 1. The number of aryl methyl sites for hydroxylation is 2. The number of nitrogens with zero attached hydrogens (tertiary/aromatic N) is 2. The highest BCUT2D eigenvalue weighted by Crippen LogP contribution is 2.15. The maximum absolute atomic E-state index is 11.7. The van der Waals surface area contributed by atoms with E-state index in [2.05, 4.69) is 5.32 Å². The number of fused-ring (bicyclic) bond motifs is 1. The van der Waals surface area contributed by atoms with Gasteiger partial charge in [0.1, 0.15) is 0 Å². The van der Waals surface area contributed by atoms with Crippen LogP contribution in [0.3, 0.4) is 0 Å². The number of nitrogens with two attached hydrogens (primary N) is 1. The molecule has 0 bridgehead atoms. The number of hydrogen-bond acceptors (Lipinski definition) is 3. The van der Waals surface area contributed by atoms with Crippen LogP contribution in [0.5, 0.6) is 0 Å². The Morgan fingerprint density at radius 2 is 1.72 bits per heavy atom. The maximum Gasteiger partial charge on any atom is 0.316 e. The highest BCUT2D eigenvalue weighted by molar-refractivity contribution is 7.80. The summed E-state index contributed by atoms with van der Waals surface area (Å²) in [5, 5.41) is 2.93. The van der Waals surface area contributed by atoms with Gasteiger partial charge in [-0.3, -0.25) is 9.59 Å². The van der Waals surface area contributed by atoms with Gasteiger partial charge in [-0.1, -0.05) is 0 Å². The molecule has 0 spiro atoms. The van der Waals surface area contributed by atoms with E-state index in [-0.39, 0.29) is 5.11 Å². The van der Waals surface area contributed by atoms with E-state index in [1.807, 2.05) is 0 Å². The van der Waals surface area contributed by atoms with Crippen molar-refractivity contribution >= 4 is 34.1 Å². The van der Waals surface area contributed by atoms with Gasteiger partial charge < -0.3 is 20.2 Å². The monoisotopic (exact) mass is 264 g/mol. The quantitative estimate of drug-likeness (QED) is 0.555. The Balaban J connectivity index is 2.82. The van der Waals surface area contributed by atoms with Crippen molar-refractivity contribution in [2.75, 3.05) is 5.32 Å². The number of aromatic nitrogens is 2. The molecule has 7 heteroatoms. The van der Waals surface area contributed by atoms with Gasteiger partial charge in [-0.2, -0.15) is 0 Å². The number of nitrogens with one attached hydrogen (secondary N) is 1. The zero-order chi connectivity index (χ0) is 13.4. The van der Waals surface area contributed by atoms with E-state index in [1.54, 1.807) is 32.3 Å². The first kappa shape index (κ1) is 12.3. The van der Waals surface area contributed by atoms with Crippen LogP contribution in [0.2, 0.25) is 0 Å². The summed E-state index contributed by atoms with van der Waals surface area (Å²) in [6.07, 6.45) is 0. The number of hydrogen-bond donors (Lipinski definition) is 2. The molecule has 0 fully saturated rings. The summed E-state index contributed by atoms with van der Waals surface area (Å²) in [6, 6.07) is 5.19. The zero-order valence-corrected chi connectivity index (χ0v) is 10.7. The lowest BCUT2D eigenvalue weighted by molar-refractivity contribution is 0.799. The van der Waals surface area contributed by atoms with Gasteiger partial charge in [-0.05, 0) is 30.4 Å². The highest BCUT2D eigenvalue weighted by Gasteiger charge is 2.08. The molecule has 0 saturated carbocycles. The van der Waals surface area contributed by atoms with Gasteiger partial charge in [0.2, 0.25) is 0 Å². The van der Waals surface area contributed by atoms with E-state index >= 15 is 0 Å². The molecule has 1 aromatic carbocycles. The molecule has 0 aliphatic rings. The van der Waals surface area contributed by atoms with Crippen molar-refractivity contribution in [1.29, 1.82) is 0 Å². The lowest BCUT2D eigenvalue weighted by Gasteiger charge is -2.11. The minimum absolute atomic E-state index is 0.143. The van der Waals surface area contributed by atoms with Crippen molar-refractivity contribution in [3.63, 3.8) is 0 Å². The van der Waals surface area contributed by atoms with Crippen LogP contribution in [-0.2, 0) is 14.1 Å². The molecule has 0 atom stereocenters. The normalized spacial score (nSPS) is 10.6. The van der Waals surface area contributed by atoms with Crippen LogP contribution in [0.15, 0.2) is 27.8 Å². The van der Waals surface area contributed by atoms with Gasteiger partial charge >= 0.3 is 11.1 Å². The topological polar surface area (TPSA) is 82.0 Å². The summed E-state index contributed by atoms with van der Waals surface area (Å²) in [6.45, 7) is 0. The smallest absolute Gasteiger partial charge is 0.316 e. The van der Waals surface area contributed by atoms with Crippen LogP contribution in [0.1, 0.15) is 0 Å². The Hall–Kier alpha value is -2.15. The summed E-state index contributed by atoms with van der Waals surface area (Å²) in [7, 11) is 3.11. The molecule has 3 N–H and O–H groups in total. The van der Waals surface area contributed by atoms with Gasteiger partial charge in [-0.25, -0.2) is 0 Å².